The van der Waals surface area contributed by atoms with Gasteiger partial charge in [-0.2, -0.15) is 13.2 Å². The molecule has 1 heterocycles. The third kappa shape index (κ3) is 4.37. The second kappa shape index (κ2) is 5.87. The van der Waals surface area contributed by atoms with Crippen molar-refractivity contribution < 1.29 is 13.2 Å². The number of fused-ring (bicyclic) bond motifs is 1. The maximum atomic E-state index is 12.9. The van der Waals surface area contributed by atoms with Crippen molar-refractivity contribution in [2.75, 3.05) is 5.75 Å². The molecule has 21 heavy (non-hydrogen) atoms. The number of para-hydroxylation sites is 1. The Hall–Kier alpha value is -1.23. The van der Waals surface area contributed by atoms with E-state index in [2.05, 4.69) is 25.8 Å². The maximum absolute atomic E-state index is 12.9. The van der Waals surface area contributed by atoms with E-state index in [1.165, 1.54) is 11.8 Å². The summed E-state index contributed by atoms with van der Waals surface area (Å²) >= 11 is 1.47. The summed E-state index contributed by atoms with van der Waals surface area (Å²) in [5.41, 5.74) is -0.257. The number of thioether (sulfide) groups is 1. The fourth-order valence-corrected chi connectivity index (χ4v) is 3.33. The van der Waals surface area contributed by atoms with Gasteiger partial charge < -0.3 is 0 Å². The number of benzene rings is 1. The Balaban J connectivity index is 2.36. The van der Waals surface area contributed by atoms with Crippen LogP contribution in [0, 0.1) is 5.41 Å². The van der Waals surface area contributed by atoms with Crippen LogP contribution in [0.15, 0.2) is 35.2 Å². The van der Waals surface area contributed by atoms with Crippen molar-refractivity contribution in [1.82, 2.24) is 4.98 Å². The number of aromatic nitrogens is 1. The lowest BCUT2D eigenvalue weighted by Gasteiger charge is -2.18. The van der Waals surface area contributed by atoms with Gasteiger partial charge in [-0.15, -0.1) is 11.8 Å². The summed E-state index contributed by atoms with van der Waals surface area (Å²) in [6.45, 7) is 6.37. The van der Waals surface area contributed by atoms with Crippen LogP contribution in [0.4, 0.5) is 13.2 Å². The summed E-state index contributed by atoms with van der Waals surface area (Å²) in [7, 11) is 0. The SMILES string of the molecule is CC(C)(C)CCSc1cc(C(F)(F)F)nc2ccccc12. The van der Waals surface area contributed by atoms with Gasteiger partial charge >= 0.3 is 6.18 Å². The minimum absolute atomic E-state index is 0.169. The molecule has 5 heteroatoms. The van der Waals surface area contributed by atoms with E-state index in [1.807, 2.05) is 12.1 Å². The van der Waals surface area contributed by atoms with E-state index < -0.39 is 11.9 Å². The lowest BCUT2D eigenvalue weighted by atomic mass is 9.94. The predicted molar refractivity (Wildman–Crippen MR) is 81.5 cm³/mol. The van der Waals surface area contributed by atoms with E-state index in [9.17, 15) is 13.2 Å². The number of hydrogen-bond donors (Lipinski definition) is 0. The number of nitrogens with zero attached hydrogens (tertiary/aromatic N) is 1. The van der Waals surface area contributed by atoms with Crippen LogP contribution in [0.5, 0.6) is 0 Å². The van der Waals surface area contributed by atoms with Gasteiger partial charge in [0.1, 0.15) is 5.69 Å². The molecule has 114 valence electrons. The third-order valence-electron chi connectivity index (χ3n) is 3.08. The molecular weight excluding hydrogens is 295 g/mol. The molecule has 1 aromatic carbocycles. The summed E-state index contributed by atoms with van der Waals surface area (Å²) in [6.07, 6.45) is -3.47. The predicted octanol–water partition coefficient (Wildman–Crippen LogP) is 5.78. The molecule has 0 amide bonds. The van der Waals surface area contributed by atoms with Crippen molar-refractivity contribution in [3.8, 4) is 0 Å². The minimum atomic E-state index is -4.41. The summed E-state index contributed by atoms with van der Waals surface area (Å²) in [6, 6.07) is 8.14. The summed E-state index contributed by atoms with van der Waals surface area (Å²) < 4.78 is 38.8. The molecule has 0 saturated heterocycles. The molecule has 1 nitrogen and oxygen atoms in total. The zero-order chi connectivity index (χ0) is 15.7. The fraction of sp³-hybridized carbons (Fsp3) is 0.438. The first-order valence-corrected chi connectivity index (χ1v) is 7.75. The van der Waals surface area contributed by atoms with Crippen LogP contribution in [0.3, 0.4) is 0 Å². The maximum Gasteiger partial charge on any atom is 0.433 e. The molecule has 0 fully saturated rings. The average molecular weight is 313 g/mol. The molecule has 0 atom stereocenters. The molecule has 0 spiro atoms. The quantitative estimate of drug-likeness (QED) is 0.666. The van der Waals surface area contributed by atoms with Crippen LogP contribution in [0.1, 0.15) is 32.9 Å². The van der Waals surface area contributed by atoms with Crippen LogP contribution in [0.2, 0.25) is 0 Å². The van der Waals surface area contributed by atoms with E-state index >= 15 is 0 Å². The molecule has 0 saturated carbocycles. The van der Waals surface area contributed by atoms with Gasteiger partial charge in [-0.25, -0.2) is 4.98 Å². The topological polar surface area (TPSA) is 12.9 Å². The highest BCUT2D eigenvalue weighted by molar-refractivity contribution is 7.99. The van der Waals surface area contributed by atoms with Gasteiger partial charge in [-0.1, -0.05) is 39.0 Å². The van der Waals surface area contributed by atoms with Gasteiger partial charge in [-0.05, 0) is 29.7 Å². The first-order valence-electron chi connectivity index (χ1n) is 6.77. The molecule has 2 rings (SSSR count). The molecule has 0 N–H and O–H groups in total. The van der Waals surface area contributed by atoms with E-state index in [-0.39, 0.29) is 5.41 Å². The molecule has 0 bridgehead atoms. The number of pyridine rings is 1. The standard InChI is InChI=1S/C16H18F3NS/c1-15(2,3)8-9-21-13-10-14(16(17,18)19)20-12-7-5-4-6-11(12)13/h4-7,10H,8-9H2,1-3H3. The summed E-state index contributed by atoms with van der Waals surface area (Å²) in [4.78, 5) is 4.38. The largest absolute Gasteiger partial charge is 0.433 e. The van der Waals surface area contributed by atoms with Crippen molar-refractivity contribution >= 4 is 22.7 Å². The Kier molecular flexibility index (Phi) is 4.51. The number of halogens is 3. The fourth-order valence-electron chi connectivity index (χ4n) is 1.88. The van der Waals surface area contributed by atoms with E-state index in [1.54, 1.807) is 12.1 Å². The molecule has 0 radical (unpaired) electrons. The number of alkyl halides is 3. The van der Waals surface area contributed by atoms with Gasteiger partial charge in [0.05, 0.1) is 5.52 Å². The monoisotopic (exact) mass is 313 g/mol. The smallest absolute Gasteiger partial charge is 0.243 e. The number of hydrogen-bond acceptors (Lipinski definition) is 2. The van der Waals surface area contributed by atoms with Crippen LogP contribution in [0.25, 0.3) is 10.9 Å². The molecular formula is C16H18F3NS. The zero-order valence-electron chi connectivity index (χ0n) is 12.3. The zero-order valence-corrected chi connectivity index (χ0v) is 13.1. The first kappa shape index (κ1) is 16.1. The highest BCUT2D eigenvalue weighted by Gasteiger charge is 2.33. The minimum Gasteiger partial charge on any atom is -0.243 e. The van der Waals surface area contributed by atoms with Gasteiger partial charge in [0, 0.05) is 10.3 Å². The second-order valence-corrected chi connectivity index (χ2v) is 7.32. The Bertz CT molecular complexity index is 629. The van der Waals surface area contributed by atoms with Crippen molar-refractivity contribution in [2.24, 2.45) is 5.41 Å². The van der Waals surface area contributed by atoms with Gasteiger partial charge in [0.2, 0.25) is 0 Å². The average Bonchev–Trinajstić information content (AvgIpc) is 2.36. The Morgan fingerprint density at radius 3 is 2.38 bits per heavy atom. The molecule has 2 aromatic rings. The van der Waals surface area contributed by atoms with Gasteiger partial charge in [-0.3, -0.25) is 0 Å². The van der Waals surface area contributed by atoms with Crippen molar-refractivity contribution in [3.05, 3.63) is 36.0 Å². The van der Waals surface area contributed by atoms with Crippen LogP contribution >= 0.6 is 11.8 Å². The van der Waals surface area contributed by atoms with E-state index in [0.717, 1.165) is 23.6 Å². The van der Waals surface area contributed by atoms with Crippen molar-refractivity contribution in [2.45, 2.75) is 38.3 Å². The Morgan fingerprint density at radius 1 is 1.10 bits per heavy atom. The molecule has 0 aliphatic rings. The van der Waals surface area contributed by atoms with Gasteiger partial charge in [0.25, 0.3) is 0 Å². The van der Waals surface area contributed by atoms with E-state index in [4.69, 9.17) is 0 Å². The van der Waals surface area contributed by atoms with Gasteiger partial charge in [0.15, 0.2) is 0 Å². The lowest BCUT2D eigenvalue weighted by Crippen LogP contribution is -2.09. The molecule has 0 aliphatic carbocycles. The highest BCUT2D eigenvalue weighted by atomic mass is 32.2. The normalized spacial score (nSPS) is 12.9. The number of rotatable bonds is 3. The molecule has 0 aliphatic heterocycles. The highest BCUT2D eigenvalue weighted by Crippen LogP contribution is 2.35. The Morgan fingerprint density at radius 2 is 1.76 bits per heavy atom. The second-order valence-electron chi connectivity index (χ2n) is 6.18. The molecule has 0 unspecified atom stereocenters. The van der Waals surface area contributed by atoms with Crippen LogP contribution in [-0.4, -0.2) is 10.7 Å². The van der Waals surface area contributed by atoms with Crippen LogP contribution in [-0.2, 0) is 6.18 Å². The van der Waals surface area contributed by atoms with Crippen molar-refractivity contribution in [1.29, 1.82) is 0 Å². The molecule has 1 aromatic heterocycles. The first-order chi connectivity index (χ1) is 9.67. The lowest BCUT2D eigenvalue weighted by molar-refractivity contribution is -0.141. The summed E-state index contributed by atoms with van der Waals surface area (Å²) in [5, 5.41) is 0.782. The van der Waals surface area contributed by atoms with Crippen molar-refractivity contribution in [3.63, 3.8) is 0 Å². The Labute approximate surface area is 127 Å². The van der Waals surface area contributed by atoms with E-state index in [0.29, 0.717) is 10.4 Å². The summed E-state index contributed by atoms with van der Waals surface area (Å²) in [5.74, 6) is 0.787. The van der Waals surface area contributed by atoms with Crippen LogP contribution < -0.4 is 0 Å². The third-order valence-corrected chi connectivity index (χ3v) is 4.14.